The third-order valence-corrected chi connectivity index (χ3v) is 5.48. The van der Waals surface area contributed by atoms with Crippen molar-refractivity contribution in [3.63, 3.8) is 0 Å². The van der Waals surface area contributed by atoms with Gasteiger partial charge in [0.15, 0.2) is 0 Å². The summed E-state index contributed by atoms with van der Waals surface area (Å²) >= 11 is 6.18. The van der Waals surface area contributed by atoms with Gasteiger partial charge in [-0.2, -0.15) is 8.78 Å². The standard InChI is InChI=1S/C18H14ClF2NO3S/c19-15-5-1-3-13-4-2-6-16(17(13)15)26(23,24)22-11-12-7-9-14(10-8-12)25-18(20)21/h1-10,18,22H,11H2. The maximum Gasteiger partial charge on any atom is 0.387 e. The van der Waals surface area contributed by atoms with Crippen LogP contribution in [0.2, 0.25) is 5.02 Å². The molecule has 3 rings (SSSR count). The molecule has 0 aliphatic rings. The minimum atomic E-state index is -3.82. The molecule has 3 aromatic rings. The third kappa shape index (κ3) is 4.12. The first-order chi connectivity index (χ1) is 12.4. The predicted molar refractivity (Wildman–Crippen MR) is 96.1 cm³/mol. The molecule has 0 saturated heterocycles. The maximum absolute atomic E-state index is 12.7. The second-order valence-corrected chi connectivity index (χ2v) is 7.58. The molecule has 1 N–H and O–H groups in total. The number of hydrogen-bond acceptors (Lipinski definition) is 3. The molecule has 136 valence electrons. The molecule has 0 aliphatic carbocycles. The van der Waals surface area contributed by atoms with Crippen LogP contribution in [0.25, 0.3) is 10.8 Å². The number of ether oxygens (including phenoxy) is 1. The van der Waals surface area contributed by atoms with Crippen molar-refractivity contribution in [1.82, 2.24) is 4.72 Å². The van der Waals surface area contributed by atoms with Gasteiger partial charge < -0.3 is 4.74 Å². The van der Waals surface area contributed by atoms with E-state index in [0.29, 0.717) is 21.4 Å². The highest BCUT2D eigenvalue weighted by atomic mass is 35.5. The Morgan fingerprint density at radius 3 is 2.31 bits per heavy atom. The van der Waals surface area contributed by atoms with Crippen LogP contribution in [0, 0.1) is 0 Å². The molecule has 26 heavy (non-hydrogen) atoms. The second kappa shape index (κ2) is 7.57. The predicted octanol–water partition coefficient (Wildman–Crippen LogP) is 4.57. The minimum Gasteiger partial charge on any atom is -0.435 e. The normalized spacial score (nSPS) is 11.8. The summed E-state index contributed by atoms with van der Waals surface area (Å²) in [5, 5.41) is 1.51. The lowest BCUT2D eigenvalue weighted by molar-refractivity contribution is -0.0498. The molecule has 0 bridgehead atoms. The Kier molecular flexibility index (Phi) is 5.41. The summed E-state index contributed by atoms with van der Waals surface area (Å²) < 4.78 is 56.4. The van der Waals surface area contributed by atoms with E-state index in [1.165, 1.54) is 30.3 Å². The van der Waals surface area contributed by atoms with Crippen LogP contribution >= 0.6 is 11.6 Å². The van der Waals surface area contributed by atoms with Crippen molar-refractivity contribution in [2.45, 2.75) is 18.1 Å². The SMILES string of the molecule is O=S(=O)(NCc1ccc(OC(F)F)cc1)c1cccc2cccc(Cl)c12. The summed E-state index contributed by atoms with van der Waals surface area (Å²) in [5.41, 5.74) is 0.599. The van der Waals surface area contributed by atoms with E-state index in [1.54, 1.807) is 30.3 Å². The largest absolute Gasteiger partial charge is 0.435 e. The average Bonchev–Trinajstić information content (AvgIpc) is 2.60. The molecule has 0 unspecified atom stereocenters. The maximum atomic E-state index is 12.7. The van der Waals surface area contributed by atoms with E-state index in [1.807, 2.05) is 0 Å². The van der Waals surface area contributed by atoms with Crippen molar-refractivity contribution >= 4 is 32.4 Å². The van der Waals surface area contributed by atoms with Gasteiger partial charge in [-0.1, -0.05) is 48.0 Å². The van der Waals surface area contributed by atoms with E-state index < -0.39 is 16.6 Å². The molecule has 0 saturated carbocycles. The van der Waals surface area contributed by atoms with Gasteiger partial charge in [0.25, 0.3) is 0 Å². The number of nitrogens with one attached hydrogen (secondary N) is 1. The highest BCUT2D eigenvalue weighted by Gasteiger charge is 2.18. The lowest BCUT2D eigenvalue weighted by Crippen LogP contribution is -2.23. The quantitative estimate of drug-likeness (QED) is 0.662. The van der Waals surface area contributed by atoms with Crippen LogP contribution in [0.4, 0.5) is 8.78 Å². The van der Waals surface area contributed by atoms with Crippen LogP contribution < -0.4 is 9.46 Å². The molecule has 0 aromatic heterocycles. The van der Waals surface area contributed by atoms with E-state index in [4.69, 9.17) is 11.6 Å². The van der Waals surface area contributed by atoms with Gasteiger partial charge >= 0.3 is 6.61 Å². The highest BCUT2D eigenvalue weighted by Crippen LogP contribution is 2.29. The molecule has 0 fully saturated rings. The Hall–Kier alpha value is -2.22. The fourth-order valence-corrected chi connectivity index (χ4v) is 4.14. The molecule has 8 heteroatoms. The number of hydrogen-bond donors (Lipinski definition) is 1. The number of rotatable bonds is 6. The molecule has 0 heterocycles. The summed E-state index contributed by atoms with van der Waals surface area (Å²) in [5.74, 6) is 0.00689. The summed E-state index contributed by atoms with van der Waals surface area (Å²) in [6.07, 6.45) is 0. The van der Waals surface area contributed by atoms with Gasteiger partial charge in [0.05, 0.1) is 4.90 Å². The lowest BCUT2D eigenvalue weighted by atomic mass is 10.1. The van der Waals surface area contributed by atoms with Crippen molar-refractivity contribution in [3.05, 3.63) is 71.2 Å². The average molecular weight is 398 g/mol. The van der Waals surface area contributed by atoms with Crippen LogP contribution in [-0.2, 0) is 16.6 Å². The number of halogens is 3. The van der Waals surface area contributed by atoms with Crippen LogP contribution in [-0.4, -0.2) is 15.0 Å². The Morgan fingerprint density at radius 2 is 1.65 bits per heavy atom. The Labute approximate surface area is 154 Å². The van der Waals surface area contributed by atoms with Crippen LogP contribution in [0.3, 0.4) is 0 Å². The lowest BCUT2D eigenvalue weighted by Gasteiger charge is -2.11. The van der Waals surface area contributed by atoms with E-state index in [-0.39, 0.29) is 17.2 Å². The van der Waals surface area contributed by atoms with E-state index in [0.717, 1.165) is 0 Å². The summed E-state index contributed by atoms with van der Waals surface area (Å²) in [4.78, 5) is 0.0817. The second-order valence-electron chi connectivity index (χ2n) is 5.44. The van der Waals surface area contributed by atoms with Gasteiger partial charge in [0.2, 0.25) is 10.0 Å². The molecule has 0 spiro atoms. The molecular formula is C18H14ClF2NO3S. The fraction of sp³-hybridized carbons (Fsp3) is 0.111. The minimum absolute atomic E-state index is 0.00185. The highest BCUT2D eigenvalue weighted by molar-refractivity contribution is 7.89. The van der Waals surface area contributed by atoms with Gasteiger partial charge in [-0.3, -0.25) is 0 Å². The first kappa shape index (κ1) is 18.6. The van der Waals surface area contributed by atoms with Crippen molar-refractivity contribution in [1.29, 1.82) is 0 Å². The summed E-state index contributed by atoms with van der Waals surface area (Å²) in [6, 6.07) is 15.8. The van der Waals surface area contributed by atoms with Crippen molar-refractivity contribution < 1.29 is 21.9 Å². The smallest absolute Gasteiger partial charge is 0.387 e. The number of benzene rings is 3. The number of sulfonamides is 1. The van der Waals surface area contributed by atoms with Gasteiger partial charge in [-0.15, -0.1) is 0 Å². The summed E-state index contributed by atoms with van der Waals surface area (Å²) in [6.45, 7) is -2.91. The number of fused-ring (bicyclic) bond motifs is 1. The van der Waals surface area contributed by atoms with Crippen LogP contribution in [0.5, 0.6) is 5.75 Å². The van der Waals surface area contributed by atoms with Gasteiger partial charge in [-0.05, 0) is 35.2 Å². The molecule has 3 aromatic carbocycles. The third-order valence-electron chi connectivity index (χ3n) is 3.72. The first-order valence-corrected chi connectivity index (χ1v) is 9.43. The monoisotopic (exact) mass is 397 g/mol. The van der Waals surface area contributed by atoms with Gasteiger partial charge in [0, 0.05) is 17.0 Å². The fourth-order valence-electron chi connectivity index (χ4n) is 2.53. The zero-order chi connectivity index (χ0) is 18.7. The Balaban J connectivity index is 1.82. The Morgan fingerprint density at radius 1 is 1.00 bits per heavy atom. The van der Waals surface area contributed by atoms with Gasteiger partial charge in [-0.25, -0.2) is 13.1 Å². The molecule has 0 atom stereocenters. The summed E-state index contributed by atoms with van der Waals surface area (Å²) in [7, 11) is -3.82. The molecular weight excluding hydrogens is 384 g/mol. The van der Waals surface area contributed by atoms with Crippen molar-refractivity contribution in [2.24, 2.45) is 0 Å². The van der Waals surface area contributed by atoms with Gasteiger partial charge in [0.1, 0.15) is 5.75 Å². The molecule has 0 amide bonds. The van der Waals surface area contributed by atoms with Crippen molar-refractivity contribution in [2.75, 3.05) is 0 Å². The molecule has 4 nitrogen and oxygen atoms in total. The number of alkyl halides is 2. The molecule has 0 radical (unpaired) electrons. The van der Waals surface area contributed by atoms with E-state index >= 15 is 0 Å². The van der Waals surface area contributed by atoms with E-state index in [9.17, 15) is 17.2 Å². The Bertz CT molecular complexity index is 1020. The van der Waals surface area contributed by atoms with Crippen LogP contribution in [0.15, 0.2) is 65.6 Å². The zero-order valence-electron chi connectivity index (χ0n) is 13.3. The van der Waals surface area contributed by atoms with Crippen molar-refractivity contribution in [3.8, 4) is 5.75 Å². The topological polar surface area (TPSA) is 55.4 Å². The van der Waals surface area contributed by atoms with Crippen LogP contribution in [0.1, 0.15) is 5.56 Å². The van der Waals surface area contributed by atoms with E-state index in [2.05, 4.69) is 9.46 Å². The zero-order valence-corrected chi connectivity index (χ0v) is 14.9. The first-order valence-electron chi connectivity index (χ1n) is 7.57. The molecule has 0 aliphatic heterocycles.